The summed E-state index contributed by atoms with van der Waals surface area (Å²) in [6, 6.07) is 14.3. The summed E-state index contributed by atoms with van der Waals surface area (Å²) < 4.78 is 0. The molecule has 0 fully saturated rings. The Bertz CT molecular complexity index is 639. The predicted octanol–water partition coefficient (Wildman–Crippen LogP) is 3.30. The molecule has 0 saturated carbocycles. The zero-order valence-corrected chi connectivity index (χ0v) is 11.7. The van der Waals surface area contributed by atoms with E-state index in [0.717, 1.165) is 17.4 Å². The van der Waals surface area contributed by atoms with E-state index in [9.17, 15) is 4.79 Å². The maximum absolute atomic E-state index is 12.0. The van der Waals surface area contributed by atoms with Gasteiger partial charge >= 0.3 is 0 Å². The monoisotopic (exact) mass is 265 g/mol. The van der Waals surface area contributed by atoms with E-state index in [1.165, 1.54) is 5.39 Å². The Kier molecular flexibility index (Phi) is 4.79. The summed E-state index contributed by atoms with van der Waals surface area (Å²) in [5.74, 6) is 2.63. The van der Waals surface area contributed by atoms with Crippen LogP contribution in [-0.2, 0) is 11.2 Å². The first-order valence-electron chi connectivity index (χ1n) is 6.93. The number of fused-ring (bicyclic) bond motifs is 1. The molecule has 0 saturated heterocycles. The number of carbonyl (C=O) groups excluding carboxylic acids is 1. The van der Waals surface area contributed by atoms with E-state index in [0.29, 0.717) is 12.8 Å². The fourth-order valence-electron chi connectivity index (χ4n) is 2.25. The van der Waals surface area contributed by atoms with Gasteiger partial charge in [0.15, 0.2) is 0 Å². The van der Waals surface area contributed by atoms with Gasteiger partial charge in [-0.2, -0.15) is 0 Å². The third-order valence-corrected chi connectivity index (χ3v) is 3.40. The molecule has 0 bridgehead atoms. The van der Waals surface area contributed by atoms with Gasteiger partial charge in [-0.3, -0.25) is 4.79 Å². The molecule has 2 rings (SSSR count). The van der Waals surface area contributed by atoms with Crippen molar-refractivity contribution in [3.8, 4) is 12.3 Å². The first-order chi connectivity index (χ1) is 9.72. The highest BCUT2D eigenvalue weighted by Crippen LogP contribution is 2.16. The summed E-state index contributed by atoms with van der Waals surface area (Å²) in [6.45, 7) is 2.03. The first kappa shape index (κ1) is 14.1. The van der Waals surface area contributed by atoms with Crippen LogP contribution in [0.2, 0.25) is 0 Å². The van der Waals surface area contributed by atoms with E-state index >= 15 is 0 Å². The quantitative estimate of drug-likeness (QED) is 0.826. The van der Waals surface area contributed by atoms with E-state index in [-0.39, 0.29) is 11.9 Å². The van der Waals surface area contributed by atoms with E-state index in [1.54, 1.807) is 0 Å². The number of nitrogens with one attached hydrogen (secondary N) is 1. The van der Waals surface area contributed by atoms with Crippen molar-refractivity contribution in [1.82, 2.24) is 5.32 Å². The highest BCUT2D eigenvalue weighted by Gasteiger charge is 2.10. The summed E-state index contributed by atoms with van der Waals surface area (Å²) in [4.78, 5) is 12.0. The molecular formula is C18H19NO. The Balaban J connectivity index is 2.04. The van der Waals surface area contributed by atoms with Gasteiger partial charge in [-0.05, 0) is 22.8 Å². The van der Waals surface area contributed by atoms with Gasteiger partial charge in [-0.15, -0.1) is 12.3 Å². The van der Waals surface area contributed by atoms with Crippen molar-refractivity contribution in [1.29, 1.82) is 0 Å². The van der Waals surface area contributed by atoms with Crippen molar-refractivity contribution in [2.75, 3.05) is 0 Å². The molecule has 1 amide bonds. The average Bonchev–Trinajstić information content (AvgIpc) is 2.46. The lowest BCUT2D eigenvalue weighted by Gasteiger charge is -2.14. The second-order valence-corrected chi connectivity index (χ2v) is 4.94. The molecule has 0 radical (unpaired) electrons. The van der Waals surface area contributed by atoms with Crippen molar-refractivity contribution < 1.29 is 4.79 Å². The minimum atomic E-state index is 0.0300. The SMILES string of the molecule is C#CCC(CC)NC(=O)Cc1ccc2ccccc2c1. The highest BCUT2D eigenvalue weighted by atomic mass is 16.1. The van der Waals surface area contributed by atoms with Gasteiger partial charge in [0.2, 0.25) is 5.91 Å². The molecular weight excluding hydrogens is 246 g/mol. The van der Waals surface area contributed by atoms with Crippen molar-refractivity contribution in [2.24, 2.45) is 0 Å². The van der Waals surface area contributed by atoms with Crippen LogP contribution in [-0.4, -0.2) is 11.9 Å². The number of hydrogen-bond acceptors (Lipinski definition) is 1. The largest absolute Gasteiger partial charge is 0.352 e. The zero-order valence-electron chi connectivity index (χ0n) is 11.7. The molecule has 0 aliphatic heterocycles. The molecule has 0 aliphatic carbocycles. The summed E-state index contributed by atoms with van der Waals surface area (Å²) in [5.41, 5.74) is 1.02. The molecule has 2 aromatic carbocycles. The van der Waals surface area contributed by atoms with Crippen LogP contribution in [0.5, 0.6) is 0 Å². The van der Waals surface area contributed by atoms with Crippen molar-refractivity contribution in [2.45, 2.75) is 32.2 Å². The molecule has 2 nitrogen and oxygen atoms in total. The van der Waals surface area contributed by atoms with Crippen LogP contribution in [0.1, 0.15) is 25.3 Å². The smallest absolute Gasteiger partial charge is 0.224 e. The van der Waals surface area contributed by atoms with Crippen molar-refractivity contribution >= 4 is 16.7 Å². The van der Waals surface area contributed by atoms with Gasteiger partial charge < -0.3 is 5.32 Å². The van der Waals surface area contributed by atoms with Crippen LogP contribution in [0.25, 0.3) is 10.8 Å². The minimum absolute atomic E-state index is 0.0300. The van der Waals surface area contributed by atoms with Gasteiger partial charge in [0, 0.05) is 12.5 Å². The van der Waals surface area contributed by atoms with Gasteiger partial charge in [-0.1, -0.05) is 49.4 Å². The number of hydrogen-bond donors (Lipinski definition) is 1. The second-order valence-electron chi connectivity index (χ2n) is 4.94. The highest BCUT2D eigenvalue weighted by molar-refractivity contribution is 5.85. The lowest BCUT2D eigenvalue weighted by molar-refractivity contribution is -0.121. The Hall–Kier alpha value is -2.27. The normalized spacial score (nSPS) is 11.8. The predicted molar refractivity (Wildman–Crippen MR) is 83.3 cm³/mol. The summed E-state index contributed by atoms with van der Waals surface area (Å²) in [5, 5.41) is 5.33. The molecule has 2 aromatic rings. The van der Waals surface area contributed by atoms with Gasteiger partial charge in [0.25, 0.3) is 0 Å². The fraction of sp³-hybridized carbons (Fsp3) is 0.278. The number of carbonyl (C=O) groups is 1. The lowest BCUT2D eigenvalue weighted by Crippen LogP contribution is -2.35. The van der Waals surface area contributed by atoms with Gasteiger partial charge in [0.05, 0.1) is 6.42 Å². The van der Waals surface area contributed by atoms with Crippen molar-refractivity contribution in [3.63, 3.8) is 0 Å². The van der Waals surface area contributed by atoms with E-state index in [1.807, 2.05) is 25.1 Å². The number of rotatable bonds is 5. The number of amides is 1. The van der Waals surface area contributed by atoms with E-state index in [4.69, 9.17) is 6.42 Å². The van der Waals surface area contributed by atoms with Crippen LogP contribution in [0.3, 0.4) is 0 Å². The Labute approximate surface area is 120 Å². The molecule has 0 aliphatic rings. The molecule has 1 unspecified atom stereocenters. The molecule has 1 N–H and O–H groups in total. The number of terminal acetylenes is 1. The Morgan fingerprint density at radius 3 is 2.70 bits per heavy atom. The van der Waals surface area contributed by atoms with Crippen LogP contribution < -0.4 is 5.32 Å². The first-order valence-corrected chi connectivity index (χ1v) is 6.93. The fourth-order valence-corrected chi connectivity index (χ4v) is 2.25. The third kappa shape index (κ3) is 3.61. The van der Waals surface area contributed by atoms with Gasteiger partial charge in [-0.25, -0.2) is 0 Å². The minimum Gasteiger partial charge on any atom is -0.352 e. The molecule has 2 heteroatoms. The van der Waals surface area contributed by atoms with Crippen LogP contribution in [0, 0.1) is 12.3 Å². The van der Waals surface area contributed by atoms with Crippen LogP contribution >= 0.6 is 0 Å². The zero-order chi connectivity index (χ0) is 14.4. The van der Waals surface area contributed by atoms with Crippen molar-refractivity contribution in [3.05, 3.63) is 48.0 Å². The molecule has 0 aromatic heterocycles. The van der Waals surface area contributed by atoms with Crippen LogP contribution in [0.15, 0.2) is 42.5 Å². The average molecular weight is 265 g/mol. The molecule has 1 atom stereocenters. The standard InChI is InChI=1S/C18H19NO/c1-3-7-17(4-2)19-18(20)13-14-10-11-15-8-5-6-9-16(15)12-14/h1,5-6,8-12,17H,4,7,13H2,2H3,(H,19,20). The maximum Gasteiger partial charge on any atom is 0.224 e. The topological polar surface area (TPSA) is 29.1 Å². The van der Waals surface area contributed by atoms with E-state index < -0.39 is 0 Å². The Morgan fingerprint density at radius 2 is 2.00 bits per heavy atom. The lowest BCUT2D eigenvalue weighted by atomic mass is 10.0. The third-order valence-electron chi connectivity index (χ3n) is 3.40. The molecule has 0 spiro atoms. The summed E-state index contributed by atoms with van der Waals surface area (Å²) in [6.07, 6.45) is 7.13. The molecule has 0 heterocycles. The Morgan fingerprint density at radius 1 is 1.25 bits per heavy atom. The van der Waals surface area contributed by atoms with Crippen LogP contribution in [0.4, 0.5) is 0 Å². The second kappa shape index (κ2) is 6.77. The molecule has 20 heavy (non-hydrogen) atoms. The summed E-state index contributed by atoms with van der Waals surface area (Å²) >= 11 is 0. The van der Waals surface area contributed by atoms with Gasteiger partial charge in [0.1, 0.15) is 0 Å². The summed E-state index contributed by atoms with van der Waals surface area (Å²) in [7, 11) is 0. The number of benzene rings is 2. The van der Waals surface area contributed by atoms with E-state index in [2.05, 4.69) is 35.5 Å². The molecule has 102 valence electrons. The maximum atomic E-state index is 12.0.